The summed E-state index contributed by atoms with van der Waals surface area (Å²) >= 11 is 0. The maximum Gasteiger partial charge on any atom is 0.335 e. The number of likely N-dealkylation sites (N-methyl/N-ethyl adjacent to an activating group) is 1. The molecule has 1 aromatic carbocycles. The number of benzene rings is 1. The zero-order chi connectivity index (χ0) is 13.5. The van der Waals surface area contributed by atoms with Crippen LogP contribution in [-0.4, -0.2) is 26.2 Å². The molecule has 0 amide bonds. The fraction of sp³-hybridized carbons (Fsp3) is 0.286. The average Bonchev–Trinajstić information content (AvgIpc) is 2.38. The second kappa shape index (κ2) is 6.45. The van der Waals surface area contributed by atoms with Gasteiger partial charge in [0, 0.05) is 19.2 Å². The number of anilines is 1. The first-order chi connectivity index (χ1) is 8.60. The van der Waals surface area contributed by atoms with Gasteiger partial charge in [0.15, 0.2) is 0 Å². The van der Waals surface area contributed by atoms with Crippen LogP contribution in [0.4, 0.5) is 5.69 Å². The molecule has 0 saturated heterocycles. The smallest absolute Gasteiger partial charge is 0.335 e. The van der Waals surface area contributed by atoms with Crippen molar-refractivity contribution in [1.29, 1.82) is 5.26 Å². The van der Waals surface area contributed by atoms with E-state index >= 15 is 0 Å². The Morgan fingerprint density at radius 3 is 2.78 bits per heavy atom. The zero-order valence-corrected chi connectivity index (χ0v) is 10.6. The van der Waals surface area contributed by atoms with Gasteiger partial charge in [-0.2, -0.15) is 5.26 Å². The molecule has 18 heavy (non-hydrogen) atoms. The number of para-hydroxylation sites is 1. The number of hydrogen-bond donors (Lipinski definition) is 0. The van der Waals surface area contributed by atoms with E-state index in [0.29, 0.717) is 24.3 Å². The standard InChI is InChI=1S/C14H16N2O2/c1-4-18-14(17)11(2)10-16(3)13-8-6-5-7-12(13)9-15/h5-8H,2,4,10H2,1,3H3. The van der Waals surface area contributed by atoms with Gasteiger partial charge in [0.1, 0.15) is 6.07 Å². The van der Waals surface area contributed by atoms with Crippen LogP contribution in [0, 0.1) is 11.3 Å². The molecular formula is C14H16N2O2. The van der Waals surface area contributed by atoms with Crippen LogP contribution in [0.2, 0.25) is 0 Å². The monoisotopic (exact) mass is 244 g/mol. The topological polar surface area (TPSA) is 53.3 Å². The molecule has 0 spiro atoms. The van der Waals surface area contributed by atoms with Crippen LogP contribution in [-0.2, 0) is 9.53 Å². The van der Waals surface area contributed by atoms with Gasteiger partial charge < -0.3 is 9.64 Å². The average molecular weight is 244 g/mol. The number of rotatable bonds is 5. The largest absolute Gasteiger partial charge is 0.463 e. The molecule has 0 bridgehead atoms. The second-order valence-corrected chi connectivity index (χ2v) is 3.81. The Morgan fingerprint density at radius 2 is 2.17 bits per heavy atom. The summed E-state index contributed by atoms with van der Waals surface area (Å²) in [5.41, 5.74) is 1.70. The van der Waals surface area contributed by atoms with Crippen molar-refractivity contribution in [2.45, 2.75) is 6.92 Å². The fourth-order valence-electron chi connectivity index (χ4n) is 1.57. The minimum absolute atomic E-state index is 0.330. The van der Waals surface area contributed by atoms with Crippen LogP contribution in [0.15, 0.2) is 36.4 Å². The van der Waals surface area contributed by atoms with Crippen LogP contribution in [0.25, 0.3) is 0 Å². The quantitative estimate of drug-likeness (QED) is 0.588. The maximum atomic E-state index is 11.5. The molecule has 4 nitrogen and oxygen atoms in total. The third-order valence-electron chi connectivity index (χ3n) is 2.43. The third kappa shape index (κ3) is 3.36. The number of ether oxygens (including phenoxy) is 1. The number of nitrogens with zero attached hydrogens (tertiary/aromatic N) is 2. The van der Waals surface area contributed by atoms with Gasteiger partial charge >= 0.3 is 5.97 Å². The summed E-state index contributed by atoms with van der Waals surface area (Å²) < 4.78 is 4.87. The number of nitriles is 1. The molecule has 94 valence electrons. The van der Waals surface area contributed by atoms with Crippen LogP contribution < -0.4 is 4.90 Å². The first-order valence-electron chi connectivity index (χ1n) is 5.65. The van der Waals surface area contributed by atoms with Crippen molar-refractivity contribution in [3.05, 3.63) is 42.0 Å². The number of hydrogen-bond acceptors (Lipinski definition) is 4. The lowest BCUT2D eigenvalue weighted by molar-refractivity contribution is -0.138. The van der Waals surface area contributed by atoms with E-state index in [2.05, 4.69) is 12.6 Å². The molecule has 1 rings (SSSR count). The first kappa shape index (κ1) is 13.8. The molecule has 4 heteroatoms. The number of carbonyl (C=O) groups is 1. The Balaban J connectivity index is 2.77. The molecule has 1 aromatic rings. The van der Waals surface area contributed by atoms with Gasteiger partial charge in [-0.15, -0.1) is 0 Å². The van der Waals surface area contributed by atoms with Gasteiger partial charge in [0.25, 0.3) is 0 Å². The molecule has 0 atom stereocenters. The van der Waals surface area contributed by atoms with Crippen molar-refractivity contribution in [1.82, 2.24) is 0 Å². The van der Waals surface area contributed by atoms with E-state index in [9.17, 15) is 4.79 Å². The molecule has 0 heterocycles. The molecule has 0 unspecified atom stereocenters. The van der Waals surface area contributed by atoms with Crippen molar-refractivity contribution >= 4 is 11.7 Å². The lowest BCUT2D eigenvalue weighted by atomic mass is 10.1. The Morgan fingerprint density at radius 1 is 1.50 bits per heavy atom. The second-order valence-electron chi connectivity index (χ2n) is 3.81. The van der Waals surface area contributed by atoms with Crippen molar-refractivity contribution in [3.63, 3.8) is 0 Å². The normalized spacial score (nSPS) is 9.39. The Hall–Kier alpha value is -2.28. The molecule has 0 aliphatic rings. The predicted molar refractivity (Wildman–Crippen MR) is 70.2 cm³/mol. The molecule has 0 radical (unpaired) electrons. The minimum atomic E-state index is -0.404. The first-order valence-corrected chi connectivity index (χ1v) is 5.65. The summed E-state index contributed by atoms with van der Waals surface area (Å²) in [6.45, 7) is 6.11. The van der Waals surface area contributed by atoms with E-state index in [1.807, 2.05) is 12.1 Å². The van der Waals surface area contributed by atoms with Gasteiger partial charge in [0.05, 0.1) is 17.9 Å². The van der Waals surface area contributed by atoms with E-state index in [1.54, 1.807) is 31.0 Å². The summed E-state index contributed by atoms with van der Waals surface area (Å²) in [6.07, 6.45) is 0. The van der Waals surface area contributed by atoms with Crippen molar-refractivity contribution in [2.24, 2.45) is 0 Å². The van der Waals surface area contributed by atoms with Gasteiger partial charge in [0.2, 0.25) is 0 Å². The highest BCUT2D eigenvalue weighted by atomic mass is 16.5. The van der Waals surface area contributed by atoms with Gasteiger partial charge in [-0.1, -0.05) is 18.7 Å². The lowest BCUT2D eigenvalue weighted by Crippen LogP contribution is -2.24. The highest BCUT2D eigenvalue weighted by Crippen LogP contribution is 2.18. The summed E-state index contributed by atoms with van der Waals surface area (Å²) in [7, 11) is 1.81. The van der Waals surface area contributed by atoms with Crippen LogP contribution >= 0.6 is 0 Å². The van der Waals surface area contributed by atoms with Gasteiger partial charge in [-0.25, -0.2) is 4.79 Å². The van der Waals surface area contributed by atoms with Gasteiger partial charge in [-0.05, 0) is 19.1 Å². The number of carbonyl (C=O) groups excluding carboxylic acids is 1. The number of esters is 1. The SMILES string of the molecule is C=C(CN(C)c1ccccc1C#N)C(=O)OCC. The molecule has 0 aliphatic carbocycles. The summed E-state index contributed by atoms with van der Waals surface area (Å²) in [5, 5.41) is 9.00. The molecule has 0 aliphatic heterocycles. The van der Waals surface area contributed by atoms with E-state index in [1.165, 1.54) is 0 Å². The molecule has 0 aromatic heterocycles. The van der Waals surface area contributed by atoms with Crippen LogP contribution in [0.5, 0.6) is 0 Å². The van der Waals surface area contributed by atoms with Crippen LogP contribution in [0.1, 0.15) is 12.5 Å². The third-order valence-corrected chi connectivity index (χ3v) is 2.43. The molecule has 0 N–H and O–H groups in total. The van der Waals surface area contributed by atoms with Crippen molar-refractivity contribution < 1.29 is 9.53 Å². The Labute approximate surface area is 107 Å². The summed E-state index contributed by atoms with van der Waals surface area (Å²) in [4.78, 5) is 13.3. The van der Waals surface area contributed by atoms with E-state index in [0.717, 1.165) is 5.69 Å². The van der Waals surface area contributed by atoms with E-state index in [4.69, 9.17) is 10.00 Å². The van der Waals surface area contributed by atoms with E-state index in [-0.39, 0.29) is 0 Å². The molecule has 0 fully saturated rings. The fourth-order valence-corrected chi connectivity index (χ4v) is 1.57. The van der Waals surface area contributed by atoms with Gasteiger partial charge in [-0.3, -0.25) is 0 Å². The zero-order valence-electron chi connectivity index (χ0n) is 10.6. The predicted octanol–water partition coefficient (Wildman–Crippen LogP) is 2.11. The van der Waals surface area contributed by atoms with Crippen LogP contribution in [0.3, 0.4) is 0 Å². The lowest BCUT2D eigenvalue weighted by Gasteiger charge is -2.20. The molecule has 0 saturated carbocycles. The Bertz CT molecular complexity index is 489. The maximum absolute atomic E-state index is 11.5. The van der Waals surface area contributed by atoms with E-state index < -0.39 is 5.97 Å². The Kier molecular flexibility index (Phi) is 4.94. The summed E-state index contributed by atoms with van der Waals surface area (Å²) in [6, 6.07) is 9.33. The summed E-state index contributed by atoms with van der Waals surface area (Å²) in [5.74, 6) is -0.404. The minimum Gasteiger partial charge on any atom is -0.463 e. The molecular weight excluding hydrogens is 228 g/mol. The van der Waals surface area contributed by atoms with Crippen molar-refractivity contribution in [3.8, 4) is 6.07 Å². The van der Waals surface area contributed by atoms with Crippen molar-refractivity contribution in [2.75, 3.05) is 25.1 Å². The highest BCUT2D eigenvalue weighted by molar-refractivity contribution is 5.88. The highest BCUT2D eigenvalue weighted by Gasteiger charge is 2.12.